The van der Waals surface area contributed by atoms with Crippen LogP contribution in [-0.4, -0.2) is 31.5 Å². The fraction of sp³-hybridized carbons (Fsp3) is 0.400. The number of methoxy groups -OCH3 is 1. The van der Waals surface area contributed by atoms with E-state index in [-0.39, 0.29) is 4.75 Å². The lowest BCUT2D eigenvalue weighted by molar-refractivity contribution is 0.398. The predicted octanol–water partition coefficient (Wildman–Crippen LogP) is 3.48. The second kappa shape index (κ2) is 6.76. The maximum Gasteiger partial charge on any atom is 0.213 e. The van der Waals surface area contributed by atoms with E-state index < -0.39 is 11.4 Å². The fourth-order valence-electron chi connectivity index (χ4n) is 1.57. The normalized spacial score (nSPS) is 14.0. The molecule has 7 heteroatoms. The maximum atomic E-state index is 12.1. The van der Waals surface area contributed by atoms with Crippen LogP contribution in [-0.2, 0) is 11.4 Å². The number of hydrogen-bond acceptors (Lipinski definition) is 6. The van der Waals surface area contributed by atoms with Crippen LogP contribution in [0.15, 0.2) is 28.8 Å². The Morgan fingerprint density at radius 2 is 2.09 bits per heavy atom. The lowest BCUT2D eigenvalue weighted by Gasteiger charge is -2.18. The largest absolute Gasteiger partial charge is 0.591 e. The number of hydrogen-bond donors (Lipinski definition) is 0. The van der Waals surface area contributed by atoms with Gasteiger partial charge in [-0.1, -0.05) is 4.40 Å². The van der Waals surface area contributed by atoms with Crippen LogP contribution >= 0.6 is 11.5 Å². The van der Waals surface area contributed by atoms with E-state index >= 15 is 0 Å². The molecule has 0 aliphatic rings. The summed E-state index contributed by atoms with van der Waals surface area (Å²) in [5, 5.41) is 0. The second-order valence-electron chi connectivity index (χ2n) is 5.70. The molecule has 0 amide bonds. The Kier molecular flexibility index (Phi) is 5.20. The molecule has 0 N–H and O–H groups in total. The summed E-state index contributed by atoms with van der Waals surface area (Å²) < 4.78 is 25.6. The molecule has 2 aromatic heterocycles. The van der Waals surface area contributed by atoms with Crippen LogP contribution in [0.25, 0.3) is 11.3 Å². The van der Waals surface area contributed by atoms with Crippen LogP contribution in [0, 0.1) is 0 Å². The summed E-state index contributed by atoms with van der Waals surface area (Å²) in [5.41, 5.74) is 2.49. The quantitative estimate of drug-likeness (QED) is 0.632. The van der Waals surface area contributed by atoms with Crippen LogP contribution in [0.4, 0.5) is 0 Å². The zero-order valence-electron chi connectivity index (χ0n) is 13.3. The number of ether oxygens (including phenoxy) is 1. The average Bonchev–Trinajstić information content (AvgIpc) is 2.96. The molecule has 0 unspecified atom stereocenters. The van der Waals surface area contributed by atoms with Crippen LogP contribution < -0.4 is 4.74 Å². The molecule has 2 heterocycles. The molecule has 0 aliphatic carbocycles. The number of rotatable bonds is 4. The highest BCUT2D eigenvalue weighted by atomic mass is 32.2. The number of pyridine rings is 1. The molecule has 0 bridgehead atoms. The van der Waals surface area contributed by atoms with Gasteiger partial charge in [-0.3, -0.25) is 0 Å². The van der Waals surface area contributed by atoms with Crippen molar-refractivity contribution >= 4 is 28.6 Å². The van der Waals surface area contributed by atoms with Crippen molar-refractivity contribution in [3.63, 3.8) is 0 Å². The van der Waals surface area contributed by atoms with Crippen molar-refractivity contribution in [2.45, 2.75) is 32.4 Å². The van der Waals surface area contributed by atoms with Gasteiger partial charge in [0.2, 0.25) is 5.88 Å². The monoisotopic (exact) mass is 337 g/mol. The molecule has 1 atom stereocenters. The van der Waals surface area contributed by atoms with Crippen LogP contribution in [0.1, 0.15) is 32.6 Å². The van der Waals surface area contributed by atoms with Crippen molar-refractivity contribution < 1.29 is 9.29 Å². The van der Waals surface area contributed by atoms with E-state index in [9.17, 15) is 4.55 Å². The highest BCUT2D eigenvalue weighted by Gasteiger charge is 2.27. The molecular formula is C15H19N3O2S2. The topological polar surface area (TPSA) is 70.4 Å². The summed E-state index contributed by atoms with van der Waals surface area (Å²) in [7, 11) is 1.58. The van der Waals surface area contributed by atoms with Gasteiger partial charge in [-0.2, -0.15) is 4.37 Å². The standard InChI is InChI=1S/C15H19N3O2S2/c1-10(18-22(19)15(2,3)4)13-9-12(17-21-13)11-6-7-16-14(8-11)20-5/h6-9H,1-5H3/t22-/m0/s1. The van der Waals surface area contributed by atoms with E-state index in [2.05, 4.69) is 13.8 Å². The summed E-state index contributed by atoms with van der Waals surface area (Å²) in [6.45, 7) is 7.57. The molecule has 5 nitrogen and oxygen atoms in total. The van der Waals surface area contributed by atoms with Crippen molar-refractivity contribution in [2.75, 3.05) is 7.11 Å². The first-order chi connectivity index (χ1) is 10.3. The Labute approximate surface area is 138 Å². The minimum absolute atomic E-state index is 0.368. The Morgan fingerprint density at radius 1 is 1.36 bits per heavy atom. The lowest BCUT2D eigenvalue weighted by atomic mass is 10.2. The third kappa shape index (κ3) is 4.06. The van der Waals surface area contributed by atoms with E-state index in [1.54, 1.807) is 13.3 Å². The first-order valence-electron chi connectivity index (χ1n) is 6.76. The molecule has 0 radical (unpaired) electrons. The van der Waals surface area contributed by atoms with E-state index in [1.165, 1.54) is 11.5 Å². The van der Waals surface area contributed by atoms with Crippen LogP contribution in [0.3, 0.4) is 0 Å². The minimum atomic E-state index is -1.27. The summed E-state index contributed by atoms with van der Waals surface area (Å²) in [6.07, 6.45) is 1.68. The smallest absolute Gasteiger partial charge is 0.213 e. The maximum absolute atomic E-state index is 12.1. The first kappa shape index (κ1) is 16.9. The summed E-state index contributed by atoms with van der Waals surface area (Å²) in [4.78, 5) is 4.99. The van der Waals surface area contributed by atoms with E-state index in [4.69, 9.17) is 4.74 Å². The summed E-state index contributed by atoms with van der Waals surface area (Å²) in [5.74, 6) is 0.547. The van der Waals surface area contributed by atoms with Gasteiger partial charge in [0.05, 0.1) is 17.7 Å². The average molecular weight is 337 g/mol. The first-order valence-corrected chi connectivity index (χ1v) is 8.64. The fourth-order valence-corrected chi connectivity index (χ4v) is 2.94. The van der Waals surface area contributed by atoms with Gasteiger partial charge in [-0.05, 0) is 51.4 Å². The van der Waals surface area contributed by atoms with Gasteiger partial charge in [-0.25, -0.2) is 4.98 Å². The van der Waals surface area contributed by atoms with Gasteiger partial charge in [0.15, 0.2) is 0 Å². The summed E-state index contributed by atoms with van der Waals surface area (Å²) >= 11 is 0.0707. The zero-order chi connectivity index (χ0) is 16.3. The Balaban J connectivity index is 2.26. The molecule has 0 aliphatic heterocycles. The molecule has 2 rings (SSSR count). The molecule has 0 aromatic carbocycles. The van der Waals surface area contributed by atoms with Crippen LogP contribution in [0.2, 0.25) is 0 Å². The lowest BCUT2D eigenvalue weighted by Crippen LogP contribution is -2.26. The molecular weight excluding hydrogens is 318 g/mol. The van der Waals surface area contributed by atoms with E-state index in [0.717, 1.165) is 21.8 Å². The Hall–Kier alpha value is -1.44. The van der Waals surface area contributed by atoms with Crippen molar-refractivity contribution in [3.05, 3.63) is 29.3 Å². The van der Waals surface area contributed by atoms with E-state index in [1.807, 2.05) is 45.9 Å². The van der Waals surface area contributed by atoms with Gasteiger partial charge in [0.25, 0.3) is 0 Å². The Bertz CT molecular complexity index is 677. The Morgan fingerprint density at radius 3 is 2.73 bits per heavy atom. The highest BCUT2D eigenvalue weighted by Crippen LogP contribution is 2.25. The molecule has 0 saturated carbocycles. The van der Waals surface area contributed by atoms with Gasteiger partial charge >= 0.3 is 0 Å². The SMILES string of the molecule is COc1cc(-c2cc(C(C)=N[S@@+]([O-])C(C)(C)C)sn2)ccn1. The van der Waals surface area contributed by atoms with E-state index in [0.29, 0.717) is 5.88 Å². The minimum Gasteiger partial charge on any atom is -0.591 e. The van der Waals surface area contributed by atoms with Gasteiger partial charge < -0.3 is 9.29 Å². The van der Waals surface area contributed by atoms with Gasteiger partial charge in [0, 0.05) is 17.8 Å². The molecule has 118 valence electrons. The molecule has 22 heavy (non-hydrogen) atoms. The molecule has 0 spiro atoms. The van der Waals surface area contributed by atoms with Crippen molar-refractivity contribution in [2.24, 2.45) is 4.40 Å². The third-order valence-electron chi connectivity index (χ3n) is 2.85. The number of nitrogens with zero attached hydrogens (tertiary/aromatic N) is 3. The second-order valence-corrected chi connectivity index (χ2v) is 8.41. The molecule has 2 aromatic rings. The predicted molar refractivity (Wildman–Crippen MR) is 92.0 cm³/mol. The highest BCUT2D eigenvalue weighted by molar-refractivity contribution is 7.91. The van der Waals surface area contributed by atoms with Crippen LogP contribution in [0.5, 0.6) is 5.88 Å². The van der Waals surface area contributed by atoms with Crippen molar-refractivity contribution in [1.82, 2.24) is 9.36 Å². The summed E-state index contributed by atoms with van der Waals surface area (Å²) in [6, 6.07) is 5.65. The zero-order valence-corrected chi connectivity index (χ0v) is 14.9. The van der Waals surface area contributed by atoms with Crippen molar-refractivity contribution in [3.8, 4) is 17.1 Å². The van der Waals surface area contributed by atoms with Crippen molar-refractivity contribution in [1.29, 1.82) is 0 Å². The molecule has 0 fully saturated rings. The number of aromatic nitrogens is 2. The molecule has 0 saturated heterocycles. The van der Waals surface area contributed by atoms with Gasteiger partial charge in [-0.15, -0.1) is 0 Å². The third-order valence-corrected chi connectivity index (χ3v) is 5.24. The van der Waals surface area contributed by atoms with Gasteiger partial charge in [0.1, 0.15) is 21.8 Å².